The van der Waals surface area contributed by atoms with Crippen LogP contribution in [0.15, 0.2) is 73.1 Å². The quantitative estimate of drug-likeness (QED) is 0.574. The minimum Gasteiger partial charge on any atom is -0.264 e. The van der Waals surface area contributed by atoms with E-state index in [0.717, 1.165) is 16.7 Å². The maximum Gasteiger partial charge on any atom is 0.218 e. The summed E-state index contributed by atoms with van der Waals surface area (Å²) in [7, 11) is -3.59. The number of halogens is 1. The van der Waals surface area contributed by atoms with Crippen molar-refractivity contribution in [2.75, 3.05) is 6.54 Å². The Hall–Kier alpha value is -2.57. The van der Waals surface area contributed by atoms with Gasteiger partial charge in [0.2, 0.25) is 10.0 Å². The van der Waals surface area contributed by atoms with Crippen molar-refractivity contribution < 1.29 is 12.8 Å². The predicted octanol–water partition coefficient (Wildman–Crippen LogP) is 4.10. The Labute approximate surface area is 165 Å². The topological polar surface area (TPSA) is 50.3 Å². The number of nitrogens with zero attached hydrogens (tertiary/aromatic N) is 2. The van der Waals surface area contributed by atoms with Gasteiger partial charge in [-0.1, -0.05) is 54.1 Å². The number of pyridine rings is 1. The van der Waals surface area contributed by atoms with Gasteiger partial charge in [-0.2, -0.15) is 4.31 Å². The van der Waals surface area contributed by atoms with Crippen LogP contribution in [0, 0.1) is 12.7 Å². The molecule has 146 valence electrons. The molecule has 0 unspecified atom stereocenters. The van der Waals surface area contributed by atoms with Gasteiger partial charge >= 0.3 is 0 Å². The summed E-state index contributed by atoms with van der Waals surface area (Å²) in [4.78, 5) is 4.07. The summed E-state index contributed by atoms with van der Waals surface area (Å²) in [5.41, 5.74) is 3.05. The summed E-state index contributed by atoms with van der Waals surface area (Å²) in [5, 5.41) is 0. The normalized spacial score (nSPS) is 11.7. The molecule has 3 rings (SSSR count). The Bertz CT molecular complexity index is 1020. The predicted molar refractivity (Wildman–Crippen MR) is 109 cm³/mol. The van der Waals surface area contributed by atoms with E-state index in [-0.39, 0.29) is 24.7 Å². The van der Waals surface area contributed by atoms with Crippen LogP contribution in [0.2, 0.25) is 0 Å². The van der Waals surface area contributed by atoms with Crippen molar-refractivity contribution in [1.82, 2.24) is 9.29 Å². The first-order chi connectivity index (χ1) is 13.4. The SMILES string of the molecule is Cc1cccc(CS(=O)(=O)N(CCc2ccccc2F)Cc2cccnc2)c1. The Kier molecular flexibility index (Phi) is 6.54. The van der Waals surface area contributed by atoms with Gasteiger partial charge in [-0.15, -0.1) is 0 Å². The van der Waals surface area contributed by atoms with Crippen LogP contribution >= 0.6 is 0 Å². The van der Waals surface area contributed by atoms with E-state index >= 15 is 0 Å². The molecular weight excluding hydrogens is 375 g/mol. The number of aromatic nitrogens is 1. The molecule has 0 spiro atoms. The summed E-state index contributed by atoms with van der Waals surface area (Å²) in [6.45, 7) is 2.34. The van der Waals surface area contributed by atoms with Gasteiger partial charge in [-0.25, -0.2) is 12.8 Å². The molecule has 0 aliphatic heterocycles. The van der Waals surface area contributed by atoms with Crippen LogP contribution in [0.4, 0.5) is 4.39 Å². The molecule has 2 aromatic carbocycles. The van der Waals surface area contributed by atoms with Gasteiger partial charge in [0.25, 0.3) is 0 Å². The lowest BCUT2D eigenvalue weighted by Crippen LogP contribution is -2.33. The highest BCUT2D eigenvalue weighted by atomic mass is 32.2. The van der Waals surface area contributed by atoms with E-state index in [1.54, 1.807) is 36.7 Å². The first-order valence-electron chi connectivity index (χ1n) is 9.10. The molecule has 6 heteroatoms. The lowest BCUT2D eigenvalue weighted by Gasteiger charge is -2.22. The van der Waals surface area contributed by atoms with Gasteiger partial charge in [-0.3, -0.25) is 4.98 Å². The molecule has 0 atom stereocenters. The van der Waals surface area contributed by atoms with Crippen LogP contribution in [0.1, 0.15) is 22.3 Å². The van der Waals surface area contributed by atoms with Gasteiger partial charge in [0.15, 0.2) is 0 Å². The summed E-state index contributed by atoms with van der Waals surface area (Å²) in [5.74, 6) is -0.411. The number of aryl methyl sites for hydroxylation is 1. The Morgan fingerprint density at radius 1 is 1.00 bits per heavy atom. The highest BCUT2D eigenvalue weighted by Crippen LogP contribution is 2.17. The maximum absolute atomic E-state index is 14.0. The largest absolute Gasteiger partial charge is 0.264 e. The second-order valence-electron chi connectivity index (χ2n) is 6.78. The molecule has 0 N–H and O–H groups in total. The van der Waals surface area contributed by atoms with E-state index in [4.69, 9.17) is 0 Å². The zero-order chi connectivity index (χ0) is 20.0. The van der Waals surface area contributed by atoms with E-state index in [2.05, 4.69) is 4.98 Å². The van der Waals surface area contributed by atoms with Crippen LogP contribution in [0.25, 0.3) is 0 Å². The van der Waals surface area contributed by atoms with Gasteiger partial charge in [0.1, 0.15) is 5.82 Å². The van der Waals surface area contributed by atoms with Crippen LogP contribution in [-0.4, -0.2) is 24.3 Å². The first kappa shape index (κ1) is 20.2. The van der Waals surface area contributed by atoms with Gasteiger partial charge in [0, 0.05) is 25.5 Å². The molecule has 1 heterocycles. The summed E-state index contributed by atoms with van der Waals surface area (Å²) < 4.78 is 41.7. The van der Waals surface area contributed by atoms with Crippen molar-refractivity contribution in [3.05, 3.63) is 101 Å². The highest BCUT2D eigenvalue weighted by molar-refractivity contribution is 7.88. The average Bonchev–Trinajstić information content (AvgIpc) is 2.66. The fourth-order valence-electron chi connectivity index (χ4n) is 3.06. The molecule has 0 aliphatic rings. The van der Waals surface area contributed by atoms with Crippen LogP contribution in [0.5, 0.6) is 0 Å². The third-order valence-electron chi connectivity index (χ3n) is 4.50. The molecule has 0 saturated heterocycles. The van der Waals surface area contributed by atoms with Crippen molar-refractivity contribution in [2.45, 2.75) is 25.6 Å². The highest BCUT2D eigenvalue weighted by Gasteiger charge is 2.23. The third-order valence-corrected chi connectivity index (χ3v) is 6.29. The molecule has 0 bridgehead atoms. The molecule has 3 aromatic rings. The summed E-state index contributed by atoms with van der Waals surface area (Å²) in [6.07, 6.45) is 3.60. The smallest absolute Gasteiger partial charge is 0.218 e. The molecule has 0 aliphatic carbocycles. The van der Waals surface area contributed by atoms with E-state index in [0.29, 0.717) is 12.0 Å². The zero-order valence-corrected chi connectivity index (χ0v) is 16.6. The molecule has 0 radical (unpaired) electrons. The van der Waals surface area contributed by atoms with Gasteiger partial charge in [-0.05, 0) is 42.2 Å². The maximum atomic E-state index is 14.0. The summed E-state index contributed by atoms with van der Waals surface area (Å²) in [6, 6.07) is 17.5. The molecule has 4 nitrogen and oxygen atoms in total. The molecule has 0 amide bonds. The number of hydrogen-bond donors (Lipinski definition) is 0. The number of rotatable bonds is 8. The second kappa shape index (κ2) is 9.08. The number of benzene rings is 2. The van der Waals surface area contributed by atoms with Crippen LogP contribution < -0.4 is 0 Å². The Morgan fingerprint density at radius 2 is 1.79 bits per heavy atom. The monoisotopic (exact) mass is 398 g/mol. The number of sulfonamides is 1. The zero-order valence-electron chi connectivity index (χ0n) is 15.8. The molecule has 0 fully saturated rings. The van der Waals surface area contributed by atoms with E-state index in [9.17, 15) is 12.8 Å². The third kappa shape index (κ3) is 5.47. The van der Waals surface area contributed by atoms with Gasteiger partial charge < -0.3 is 0 Å². The minimum atomic E-state index is -3.59. The number of hydrogen-bond acceptors (Lipinski definition) is 3. The van der Waals surface area contributed by atoms with Crippen molar-refractivity contribution >= 4 is 10.0 Å². The van der Waals surface area contributed by atoms with Crippen molar-refractivity contribution in [3.63, 3.8) is 0 Å². The lowest BCUT2D eigenvalue weighted by atomic mass is 10.1. The fourth-order valence-corrected chi connectivity index (χ4v) is 4.56. The van der Waals surface area contributed by atoms with E-state index < -0.39 is 10.0 Å². The molecular formula is C22H23FN2O2S. The Morgan fingerprint density at radius 3 is 2.50 bits per heavy atom. The Balaban J connectivity index is 1.82. The van der Waals surface area contributed by atoms with Crippen molar-refractivity contribution in [2.24, 2.45) is 0 Å². The molecule has 1 aromatic heterocycles. The lowest BCUT2D eigenvalue weighted by molar-refractivity contribution is 0.406. The van der Waals surface area contributed by atoms with Crippen LogP contribution in [-0.2, 0) is 28.7 Å². The fraction of sp³-hybridized carbons (Fsp3) is 0.227. The van der Waals surface area contributed by atoms with E-state index in [1.165, 1.54) is 10.4 Å². The second-order valence-corrected chi connectivity index (χ2v) is 8.75. The molecule has 28 heavy (non-hydrogen) atoms. The molecule has 0 saturated carbocycles. The standard InChI is InChI=1S/C22H23FN2O2S/c1-18-6-4-7-19(14-18)17-28(26,27)25(16-20-8-5-12-24-15-20)13-11-21-9-2-3-10-22(21)23/h2-10,12,14-15H,11,13,16-17H2,1H3. The average molecular weight is 399 g/mol. The minimum absolute atomic E-state index is 0.0911. The first-order valence-corrected chi connectivity index (χ1v) is 10.7. The van der Waals surface area contributed by atoms with Crippen molar-refractivity contribution in [1.29, 1.82) is 0 Å². The van der Waals surface area contributed by atoms with Crippen LogP contribution in [0.3, 0.4) is 0 Å². The summed E-state index contributed by atoms with van der Waals surface area (Å²) >= 11 is 0. The van der Waals surface area contributed by atoms with E-state index in [1.807, 2.05) is 37.3 Å². The van der Waals surface area contributed by atoms with Gasteiger partial charge in [0.05, 0.1) is 5.75 Å². The van der Waals surface area contributed by atoms with Crippen molar-refractivity contribution in [3.8, 4) is 0 Å².